The van der Waals surface area contributed by atoms with Gasteiger partial charge in [-0.15, -0.1) is 0 Å². The van der Waals surface area contributed by atoms with Gasteiger partial charge < -0.3 is 9.15 Å². The highest BCUT2D eigenvalue weighted by atomic mass is 16.5. The van der Waals surface area contributed by atoms with Crippen LogP contribution in [0.3, 0.4) is 0 Å². The lowest BCUT2D eigenvalue weighted by Crippen LogP contribution is -2.04. The number of esters is 1. The van der Waals surface area contributed by atoms with Gasteiger partial charge in [0.2, 0.25) is 11.7 Å². The third-order valence-corrected chi connectivity index (χ3v) is 4.29. The minimum absolute atomic E-state index is 0.119. The summed E-state index contributed by atoms with van der Waals surface area (Å²) >= 11 is 0. The normalized spacial score (nSPS) is 11.0. The molecular weight excluding hydrogens is 342 g/mol. The van der Waals surface area contributed by atoms with Crippen molar-refractivity contribution >= 4 is 16.9 Å². The molecule has 0 atom stereocenters. The summed E-state index contributed by atoms with van der Waals surface area (Å²) in [7, 11) is 0. The van der Waals surface area contributed by atoms with Crippen LogP contribution in [-0.4, -0.2) is 27.3 Å². The molecule has 2 aromatic heterocycles. The van der Waals surface area contributed by atoms with Crippen LogP contribution < -0.4 is 0 Å². The summed E-state index contributed by atoms with van der Waals surface area (Å²) in [6, 6.07) is 18.0. The van der Waals surface area contributed by atoms with E-state index in [9.17, 15) is 4.79 Å². The van der Waals surface area contributed by atoms with Crippen molar-refractivity contribution < 1.29 is 13.9 Å². The Morgan fingerprint density at radius 1 is 1.11 bits per heavy atom. The van der Waals surface area contributed by atoms with E-state index in [1.165, 1.54) is 0 Å². The summed E-state index contributed by atoms with van der Waals surface area (Å²) in [5.41, 5.74) is 3.23. The van der Waals surface area contributed by atoms with Crippen LogP contribution in [0.4, 0.5) is 0 Å². The maximum atomic E-state index is 12.0. The molecule has 0 spiro atoms. The highest BCUT2D eigenvalue weighted by Gasteiger charge is 2.23. The molecule has 0 saturated carbocycles. The van der Waals surface area contributed by atoms with Crippen molar-refractivity contribution in [1.82, 2.24) is 14.8 Å². The molecule has 0 aliphatic rings. The standard InChI is InChI=1S/C21H19N3O3/c1-3-26-21(25)19-14(2)22-20(27-19)18-16-11-7-8-12-17(16)24(23-18)13-15-9-5-4-6-10-15/h4-12H,3,13H2,1-2H3. The van der Waals surface area contributed by atoms with Crippen LogP contribution in [0.2, 0.25) is 0 Å². The van der Waals surface area contributed by atoms with Gasteiger partial charge in [0.25, 0.3) is 0 Å². The van der Waals surface area contributed by atoms with E-state index in [1.54, 1.807) is 13.8 Å². The van der Waals surface area contributed by atoms with Crippen LogP contribution in [0, 0.1) is 6.92 Å². The largest absolute Gasteiger partial charge is 0.460 e. The number of hydrogen-bond acceptors (Lipinski definition) is 5. The zero-order valence-electron chi connectivity index (χ0n) is 15.2. The SMILES string of the molecule is CCOC(=O)c1oc(-c2nn(Cc3ccccc3)c3ccccc23)nc1C. The third kappa shape index (κ3) is 3.21. The third-order valence-electron chi connectivity index (χ3n) is 4.29. The van der Waals surface area contributed by atoms with Crippen molar-refractivity contribution in [3.63, 3.8) is 0 Å². The number of carbonyl (C=O) groups is 1. The van der Waals surface area contributed by atoms with Gasteiger partial charge in [-0.2, -0.15) is 5.10 Å². The average Bonchev–Trinajstić information content (AvgIpc) is 3.24. The Balaban J connectivity index is 1.79. The van der Waals surface area contributed by atoms with Gasteiger partial charge in [0, 0.05) is 5.39 Å². The Labute approximate surface area is 156 Å². The molecule has 0 aliphatic heterocycles. The second-order valence-electron chi connectivity index (χ2n) is 6.16. The molecule has 0 fully saturated rings. The van der Waals surface area contributed by atoms with E-state index in [1.807, 2.05) is 47.1 Å². The zero-order chi connectivity index (χ0) is 18.8. The molecule has 4 aromatic rings. The predicted octanol–water partition coefficient (Wildman–Crippen LogP) is 4.22. The van der Waals surface area contributed by atoms with Gasteiger partial charge >= 0.3 is 5.97 Å². The molecular formula is C21H19N3O3. The fourth-order valence-electron chi connectivity index (χ4n) is 3.05. The Hall–Kier alpha value is -3.41. The second-order valence-corrected chi connectivity index (χ2v) is 6.16. The minimum Gasteiger partial charge on any atom is -0.460 e. The lowest BCUT2D eigenvalue weighted by molar-refractivity contribution is 0.0490. The van der Waals surface area contributed by atoms with Gasteiger partial charge in [0.1, 0.15) is 0 Å². The highest BCUT2D eigenvalue weighted by Crippen LogP contribution is 2.29. The Morgan fingerprint density at radius 2 is 1.85 bits per heavy atom. The number of rotatable bonds is 5. The molecule has 6 nitrogen and oxygen atoms in total. The molecule has 0 radical (unpaired) electrons. The minimum atomic E-state index is -0.512. The van der Waals surface area contributed by atoms with E-state index in [0.29, 0.717) is 23.8 Å². The first-order valence-electron chi connectivity index (χ1n) is 8.81. The van der Waals surface area contributed by atoms with Gasteiger partial charge in [-0.1, -0.05) is 48.5 Å². The maximum absolute atomic E-state index is 12.0. The summed E-state index contributed by atoms with van der Waals surface area (Å²) in [5.74, 6) is -0.0751. The quantitative estimate of drug-likeness (QED) is 0.498. The number of benzene rings is 2. The maximum Gasteiger partial charge on any atom is 0.376 e. The number of carbonyl (C=O) groups excluding carboxylic acids is 1. The van der Waals surface area contributed by atoms with E-state index < -0.39 is 5.97 Å². The van der Waals surface area contributed by atoms with E-state index in [-0.39, 0.29) is 12.4 Å². The first-order chi connectivity index (χ1) is 13.2. The van der Waals surface area contributed by atoms with Crippen LogP contribution in [0.25, 0.3) is 22.5 Å². The Bertz CT molecular complexity index is 1100. The molecule has 0 amide bonds. The molecule has 0 aliphatic carbocycles. The number of hydrogen-bond donors (Lipinski definition) is 0. The summed E-state index contributed by atoms with van der Waals surface area (Å²) < 4.78 is 12.7. The first-order valence-corrected chi connectivity index (χ1v) is 8.81. The predicted molar refractivity (Wildman–Crippen MR) is 101 cm³/mol. The van der Waals surface area contributed by atoms with Crippen molar-refractivity contribution in [3.05, 3.63) is 71.6 Å². The molecule has 27 heavy (non-hydrogen) atoms. The molecule has 2 aromatic carbocycles. The van der Waals surface area contributed by atoms with Gasteiger partial charge in [-0.3, -0.25) is 4.68 Å². The fraction of sp³-hybridized carbons (Fsp3) is 0.190. The van der Waals surface area contributed by atoms with E-state index in [4.69, 9.17) is 14.3 Å². The molecule has 4 rings (SSSR count). The molecule has 0 unspecified atom stereocenters. The number of fused-ring (bicyclic) bond motifs is 1. The molecule has 136 valence electrons. The van der Waals surface area contributed by atoms with Crippen LogP contribution in [-0.2, 0) is 11.3 Å². The van der Waals surface area contributed by atoms with E-state index in [0.717, 1.165) is 16.5 Å². The smallest absolute Gasteiger partial charge is 0.376 e. The van der Waals surface area contributed by atoms with E-state index in [2.05, 4.69) is 17.1 Å². The van der Waals surface area contributed by atoms with Crippen LogP contribution >= 0.6 is 0 Å². The summed E-state index contributed by atoms with van der Waals surface area (Å²) in [6.07, 6.45) is 0. The number of ether oxygens (including phenoxy) is 1. The number of oxazole rings is 1. The van der Waals surface area contributed by atoms with Gasteiger partial charge in [-0.25, -0.2) is 9.78 Å². The summed E-state index contributed by atoms with van der Waals surface area (Å²) in [5, 5.41) is 5.64. The van der Waals surface area contributed by atoms with Crippen molar-refractivity contribution in [3.8, 4) is 11.6 Å². The molecule has 2 heterocycles. The summed E-state index contributed by atoms with van der Waals surface area (Å²) in [6.45, 7) is 4.39. The molecule has 0 N–H and O–H groups in total. The van der Waals surface area contributed by atoms with Crippen molar-refractivity contribution in [2.24, 2.45) is 0 Å². The van der Waals surface area contributed by atoms with Crippen molar-refractivity contribution in [1.29, 1.82) is 0 Å². The number of aryl methyl sites for hydroxylation is 1. The average molecular weight is 361 g/mol. The van der Waals surface area contributed by atoms with Crippen molar-refractivity contribution in [2.75, 3.05) is 6.61 Å². The second kappa shape index (κ2) is 7.07. The van der Waals surface area contributed by atoms with Crippen LogP contribution in [0.15, 0.2) is 59.0 Å². The lowest BCUT2D eigenvalue weighted by Gasteiger charge is -2.03. The van der Waals surface area contributed by atoms with Gasteiger partial charge in [-0.05, 0) is 25.5 Å². The highest BCUT2D eigenvalue weighted by molar-refractivity contribution is 5.92. The molecule has 0 bridgehead atoms. The first kappa shape index (κ1) is 17.0. The topological polar surface area (TPSA) is 70.2 Å². The molecule has 6 heteroatoms. The van der Waals surface area contributed by atoms with Gasteiger partial charge in [0.15, 0.2) is 5.69 Å². The molecule has 0 saturated heterocycles. The summed E-state index contributed by atoms with van der Waals surface area (Å²) in [4.78, 5) is 16.4. The number of aromatic nitrogens is 3. The Kier molecular flexibility index (Phi) is 4.46. The Morgan fingerprint density at radius 3 is 2.63 bits per heavy atom. The van der Waals surface area contributed by atoms with E-state index >= 15 is 0 Å². The van der Waals surface area contributed by atoms with Crippen molar-refractivity contribution in [2.45, 2.75) is 20.4 Å². The fourth-order valence-corrected chi connectivity index (χ4v) is 3.05. The van der Waals surface area contributed by atoms with Crippen LogP contribution in [0.1, 0.15) is 28.7 Å². The van der Waals surface area contributed by atoms with Crippen LogP contribution in [0.5, 0.6) is 0 Å². The zero-order valence-corrected chi connectivity index (χ0v) is 15.2. The lowest BCUT2D eigenvalue weighted by atomic mass is 10.2. The number of para-hydroxylation sites is 1. The monoisotopic (exact) mass is 361 g/mol. The van der Waals surface area contributed by atoms with Gasteiger partial charge in [0.05, 0.1) is 24.4 Å². The number of nitrogens with zero attached hydrogens (tertiary/aromatic N) is 3.